The Bertz CT molecular complexity index is 709. The predicted octanol–water partition coefficient (Wildman–Crippen LogP) is 3.83. The molecule has 0 spiro atoms. The van der Waals surface area contributed by atoms with Gasteiger partial charge >= 0.3 is 0 Å². The second-order valence-corrected chi connectivity index (χ2v) is 5.67. The standard InChI is InChI=1S/C13H9Br2N3O/c14-10-3-1-9(2-4-10)8-19-13-12-16-5-6-18(12)7-11(15)17-13/h1-7H,8H2. The van der Waals surface area contributed by atoms with Crippen molar-refractivity contribution in [3.05, 3.63) is 57.5 Å². The first-order valence-corrected chi connectivity index (χ1v) is 7.17. The van der Waals surface area contributed by atoms with Crippen molar-refractivity contribution in [2.75, 3.05) is 0 Å². The molecule has 19 heavy (non-hydrogen) atoms. The van der Waals surface area contributed by atoms with Crippen molar-refractivity contribution >= 4 is 37.5 Å². The zero-order chi connectivity index (χ0) is 13.2. The molecule has 0 saturated heterocycles. The highest BCUT2D eigenvalue weighted by Gasteiger charge is 2.07. The summed E-state index contributed by atoms with van der Waals surface area (Å²) in [4.78, 5) is 8.54. The Balaban J connectivity index is 1.85. The largest absolute Gasteiger partial charge is 0.470 e. The number of imidazole rings is 1. The number of ether oxygens (including phenoxy) is 1. The molecule has 96 valence electrons. The van der Waals surface area contributed by atoms with Crippen LogP contribution in [0.4, 0.5) is 0 Å². The first-order valence-electron chi connectivity index (χ1n) is 5.59. The average molecular weight is 383 g/mol. The van der Waals surface area contributed by atoms with Crippen LogP contribution < -0.4 is 4.74 Å². The molecule has 0 aliphatic heterocycles. The molecule has 3 aromatic rings. The van der Waals surface area contributed by atoms with Gasteiger partial charge in [0.25, 0.3) is 5.88 Å². The van der Waals surface area contributed by atoms with Crippen molar-refractivity contribution in [1.82, 2.24) is 14.4 Å². The van der Waals surface area contributed by atoms with E-state index in [1.807, 2.05) is 41.1 Å². The lowest BCUT2D eigenvalue weighted by Gasteiger charge is -2.07. The van der Waals surface area contributed by atoms with Crippen LogP contribution in [0.25, 0.3) is 5.65 Å². The van der Waals surface area contributed by atoms with Crippen LogP contribution in [0.1, 0.15) is 5.56 Å². The van der Waals surface area contributed by atoms with Gasteiger partial charge < -0.3 is 4.74 Å². The highest BCUT2D eigenvalue weighted by atomic mass is 79.9. The Kier molecular flexibility index (Phi) is 3.52. The van der Waals surface area contributed by atoms with E-state index in [1.165, 1.54) is 0 Å². The van der Waals surface area contributed by atoms with Crippen molar-refractivity contribution in [2.24, 2.45) is 0 Å². The van der Waals surface area contributed by atoms with Crippen LogP contribution in [-0.4, -0.2) is 14.4 Å². The molecule has 0 radical (unpaired) electrons. The second kappa shape index (κ2) is 5.30. The Morgan fingerprint density at radius 1 is 1.16 bits per heavy atom. The van der Waals surface area contributed by atoms with E-state index in [-0.39, 0.29) is 0 Å². The van der Waals surface area contributed by atoms with Crippen LogP contribution in [0, 0.1) is 0 Å². The highest BCUT2D eigenvalue weighted by Crippen LogP contribution is 2.20. The minimum absolute atomic E-state index is 0.458. The quantitative estimate of drug-likeness (QED) is 0.690. The van der Waals surface area contributed by atoms with Gasteiger partial charge in [-0.1, -0.05) is 28.1 Å². The fourth-order valence-corrected chi connectivity index (χ4v) is 2.35. The van der Waals surface area contributed by atoms with E-state index in [0.717, 1.165) is 10.0 Å². The Morgan fingerprint density at radius 2 is 1.95 bits per heavy atom. The lowest BCUT2D eigenvalue weighted by molar-refractivity contribution is 0.295. The van der Waals surface area contributed by atoms with Gasteiger partial charge in [0, 0.05) is 23.1 Å². The van der Waals surface area contributed by atoms with Crippen LogP contribution in [0.15, 0.2) is 51.9 Å². The lowest BCUT2D eigenvalue weighted by Crippen LogP contribution is -2.00. The fourth-order valence-electron chi connectivity index (χ4n) is 1.70. The van der Waals surface area contributed by atoms with Crippen molar-refractivity contribution in [3.63, 3.8) is 0 Å². The van der Waals surface area contributed by atoms with Gasteiger partial charge in [0.05, 0.1) is 0 Å². The van der Waals surface area contributed by atoms with E-state index < -0.39 is 0 Å². The number of aromatic nitrogens is 3. The third-order valence-electron chi connectivity index (χ3n) is 2.60. The number of hydrogen-bond donors (Lipinski definition) is 0. The van der Waals surface area contributed by atoms with Crippen LogP contribution in [0.3, 0.4) is 0 Å². The summed E-state index contributed by atoms with van der Waals surface area (Å²) in [5.41, 5.74) is 1.79. The van der Waals surface area contributed by atoms with E-state index in [4.69, 9.17) is 4.74 Å². The Morgan fingerprint density at radius 3 is 2.74 bits per heavy atom. The molecule has 6 heteroatoms. The Hall–Kier alpha value is -1.40. The maximum Gasteiger partial charge on any atom is 0.259 e. The van der Waals surface area contributed by atoms with Gasteiger partial charge in [0.2, 0.25) is 5.65 Å². The van der Waals surface area contributed by atoms with Crippen molar-refractivity contribution < 1.29 is 4.74 Å². The first kappa shape index (κ1) is 12.6. The molecule has 3 rings (SSSR count). The molecule has 2 heterocycles. The van der Waals surface area contributed by atoms with Crippen LogP contribution in [-0.2, 0) is 6.61 Å². The van der Waals surface area contributed by atoms with Crippen molar-refractivity contribution in [1.29, 1.82) is 0 Å². The number of fused-ring (bicyclic) bond motifs is 1. The summed E-state index contributed by atoms with van der Waals surface area (Å²) in [5, 5.41) is 0. The lowest BCUT2D eigenvalue weighted by atomic mass is 10.2. The molecule has 0 aliphatic carbocycles. The van der Waals surface area contributed by atoms with E-state index >= 15 is 0 Å². The van der Waals surface area contributed by atoms with E-state index in [2.05, 4.69) is 41.8 Å². The van der Waals surface area contributed by atoms with E-state index in [0.29, 0.717) is 22.7 Å². The molecule has 2 aromatic heterocycles. The van der Waals surface area contributed by atoms with Gasteiger partial charge in [-0.25, -0.2) is 9.97 Å². The molecule has 0 saturated carbocycles. The molecule has 0 bridgehead atoms. The average Bonchev–Trinajstić information content (AvgIpc) is 2.85. The third-order valence-corrected chi connectivity index (χ3v) is 3.51. The number of halogens is 2. The molecule has 0 aliphatic rings. The summed E-state index contributed by atoms with van der Waals surface area (Å²) in [5.74, 6) is 0.516. The maximum absolute atomic E-state index is 5.74. The zero-order valence-corrected chi connectivity index (χ0v) is 12.9. The van der Waals surface area contributed by atoms with Gasteiger partial charge in [-0.15, -0.1) is 0 Å². The number of hydrogen-bond acceptors (Lipinski definition) is 3. The summed E-state index contributed by atoms with van der Waals surface area (Å²) < 4.78 is 9.37. The van der Waals surface area contributed by atoms with E-state index in [1.54, 1.807) is 6.20 Å². The summed E-state index contributed by atoms with van der Waals surface area (Å²) in [6, 6.07) is 7.98. The van der Waals surface area contributed by atoms with Crippen LogP contribution in [0.5, 0.6) is 5.88 Å². The fraction of sp³-hybridized carbons (Fsp3) is 0.0769. The van der Waals surface area contributed by atoms with Crippen molar-refractivity contribution in [3.8, 4) is 5.88 Å². The van der Waals surface area contributed by atoms with Gasteiger partial charge in [-0.3, -0.25) is 4.40 Å². The van der Waals surface area contributed by atoms with Gasteiger partial charge in [0.15, 0.2) is 0 Å². The van der Waals surface area contributed by atoms with Gasteiger partial charge in [-0.2, -0.15) is 0 Å². The highest BCUT2D eigenvalue weighted by molar-refractivity contribution is 9.10. The summed E-state index contributed by atoms with van der Waals surface area (Å²) in [6.45, 7) is 0.458. The van der Waals surface area contributed by atoms with E-state index in [9.17, 15) is 0 Å². The van der Waals surface area contributed by atoms with Crippen molar-refractivity contribution in [2.45, 2.75) is 6.61 Å². The molecule has 1 aromatic carbocycles. The topological polar surface area (TPSA) is 39.4 Å². The Labute approximate surface area is 126 Å². The molecule has 0 fully saturated rings. The number of nitrogens with zero attached hydrogens (tertiary/aromatic N) is 3. The minimum Gasteiger partial charge on any atom is -0.470 e. The predicted molar refractivity (Wildman–Crippen MR) is 79.2 cm³/mol. The van der Waals surface area contributed by atoms with Crippen LogP contribution in [0.2, 0.25) is 0 Å². The first-order chi connectivity index (χ1) is 9.22. The zero-order valence-electron chi connectivity index (χ0n) is 9.75. The monoisotopic (exact) mass is 381 g/mol. The summed E-state index contributed by atoms with van der Waals surface area (Å²) >= 11 is 6.76. The maximum atomic E-state index is 5.74. The third kappa shape index (κ3) is 2.79. The van der Waals surface area contributed by atoms with Crippen LogP contribution >= 0.6 is 31.9 Å². The molecule has 0 amide bonds. The summed E-state index contributed by atoms with van der Waals surface area (Å²) in [7, 11) is 0. The molecular formula is C13H9Br2N3O. The smallest absolute Gasteiger partial charge is 0.259 e. The number of benzene rings is 1. The normalized spacial score (nSPS) is 10.8. The molecule has 0 unspecified atom stereocenters. The SMILES string of the molecule is Brc1ccc(COc2nc(Br)cn3ccnc23)cc1. The minimum atomic E-state index is 0.458. The van der Waals surface area contributed by atoms with Gasteiger partial charge in [-0.05, 0) is 33.6 Å². The molecule has 0 atom stereocenters. The summed E-state index contributed by atoms with van der Waals surface area (Å²) in [6.07, 6.45) is 5.42. The van der Waals surface area contributed by atoms with Gasteiger partial charge in [0.1, 0.15) is 11.2 Å². The molecule has 4 nitrogen and oxygen atoms in total. The second-order valence-electron chi connectivity index (χ2n) is 3.94. The molecular weight excluding hydrogens is 374 g/mol. The molecule has 0 N–H and O–H groups in total. The number of rotatable bonds is 3.